The van der Waals surface area contributed by atoms with E-state index in [1.165, 1.54) is 0 Å². The number of primary amides is 1. The Hall–Kier alpha value is -2.37. The Labute approximate surface area is 200 Å². The maximum Gasteiger partial charge on any atom is 0.251 e. The molecular weight excluding hydrogens is 511 g/mol. The molecule has 0 aromatic heterocycles. The number of carbonyl (C=O) groups is 3. The van der Waals surface area contributed by atoms with Crippen LogP contribution in [0.2, 0.25) is 0 Å². The molecule has 0 unspecified atom stereocenters. The average molecular weight is 544 g/mol. The monoisotopic (exact) mass is 544 g/mol. The number of nitrogens with zero attached hydrogens (tertiary/aromatic N) is 2. The maximum atomic E-state index is 11.9. The number of benzene rings is 1. The molecule has 9 nitrogen and oxygen atoms in total. The van der Waals surface area contributed by atoms with Crippen molar-refractivity contribution < 1.29 is 14.4 Å². The van der Waals surface area contributed by atoms with Crippen molar-refractivity contribution in [3.05, 3.63) is 35.4 Å². The predicted molar refractivity (Wildman–Crippen MR) is 131 cm³/mol. The Balaban J connectivity index is 0.00000480. The number of amides is 3. The zero-order chi connectivity index (χ0) is 21.9. The van der Waals surface area contributed by atoms with Gasteiger partial charge in [0.05, 0.1) is 13.1 Å². The van der Waals surface area contributed by atoms with Crippen LogP contribution in [-0.4, -0.2) is 61.8 Å². The molecule has 5 N–H and O–H groups in total. The third-order valence-corrected chi connectivity index (χ3v) is 5.05. The summed E-state index contributed by atoms with van der Waals surface area (Å²) in [4.78, 5) is 41.3. The topological polar surface area (TPSA) is 129 Å². The van der Waals surface area contributed by atoms with Crippen LogP contribution in [0.1, 0.15) is 42.1 Å². The van der Waals surface area contributed by atoms with Gasteiger partial charge in [0.25, 0.3) is 5.91 Å². The van der Waals surface area contributed by atoms with E-state index >= 15 is 0 Å². The molecule has 1 heterocycles. The van der Waals surface area contributed by atoms with Crippen LogP contribution in [0, 0.1) is 5.92 Å². The van der Waals surface area contributed by atoms with Gasteiger partial charge in [-0.05, 0) is 43.4 Å². The largest absolute Gasteiger partial charge is 0.368 e. The van der Waals surface area contributed by atoms with Crippen LogP contribution < -0.4 is 21.7 Å². The Morgan fingerprint density at radius 3 is 2.32 bits per heavy atom. The van der Waals surface area contributed by atoms with Crippen molar-refractivity contribution in [2.45, 2.75) is 32.7 Å². The smallest absolute Gasteiger partial charge is 0.251 e. The first-order valence-electron chi connectivity index (χ1n) is 10.3. The molecule has 1 aromatic rings. The molecule has 1 aliphatic heterocycles. The summed E-state index contributed by atoms with van der Waals surface area (Å²) >= 11 is 0. The van der Waals surface area contributed by atoms with Gasteiger partial charge < -0.3 is 26.6 Å². The number of aliphatic imine (C=N–C) groups is 1. The minimum Gasteiger partial charge on any atom is -0.368 e. The summed E-state index contributed by atoms with van der Waals surface area (Å²) in [6.45, 7) is 4.85. The molecule has 0 saturated carbocycles. The van der Waals surface area contributed by atoms with E-state index in [4.69, 9.17) is 10.7 Å². The molecule has 3 amide bonds. The second kappa shape index (κ2) is 13.8. The molecule has 0 spiro atoms. The standard InChI is InChI=1S/C21H32N6O3.HI/c1-3-24-21(27-10-8-15(9-11-27)12-19(29)23-2)26-13-16-4-6-17(7-5-16)20(30)25-14-18(22)28;/h4-7,15H,3,8-14H2,1-2H3,(H2,22,28)(H,23,29)(H,24,26)(H,25,30);1H. The molecular formula is C21H33IN6O3. The van der Waals surface area contributed by atoms with E-state index in [1.807, 2.05) is 19.1 Å². The highest BCUT2D eigenvalue weighted by Crippen LogP contribution is 2.20. The van der Waals surface area contributed by atoms with Crippen molar-refractivity contribution in [2.75, 3.05) is 33.2 Å². The van der Waals surface area contributed by atoms with E-state index in [0.717, 1.165) is 44.0 Å². The maximum absolute atomic E-state index is 11.9. The molecule has 31 heavy (non-hydrogen) atoms. The highest BCUT2D eigenvalue weighted by Gasteiger charge is 2.23. The first-order chi connectivity index (χ1) is 14.4. The summed E-state index contributed by atoms with van der Waals surface area (Å²) in [5.41, 5.74) is 6.48. The van der Waals surface area contributed by atoms with E-state index in [1.54, 1.807) is 19.2 Å². The van der Waals surface area contributed by atoms with Crippen molar-refractivity contribution in [1.29, 1.82) is 0 Å². The lowest BCUT2D eigenvalue weighted by atomic mass is 9.93. The normalized spacial score (nSPS) is 14.4. The van der Waals surface area contributed by atoms with Gasteiger partial charge in [0.15, 0.2) is 5.96 Å². The van der Waals surface area contributed by atoms with E-state index in [-0.39, 0.29) is 42.3 Å². The van der Waals surface area contributed by atoms with Gasteiger partial charge in [-0.1, -0.05) is 12.1 Å². The summed E-state index contributed by atoms with van der Waals surface area (Å²) in [6, 6.07) is 7.11. The molecule has 1 aliphatic rings. The molecule has 0 radical (unpaired) electrons. The van der Waals surface area contributed by atoms with Crippen LogP contribution in [0.15, 0.2) is 29.3 Å². The molecule has 0 aliphatic carbocycles. The number of rotatable bonds is 8. The fourth-order valence-electron chi connectivity index (χ4n) is 3.34. The van der Waals surface area contributed by atoms with Crippen molar-refractivity contribution in [2.24, 2.45) is 16.6 Å². The van der Waals surface area contributed by atoms with E-state index in [0.29, 0.717) is 24.4 Å². The van der Waals surface area contributed by atoms with E-state index < -0.39 is 5.91 Å². The van der Waals surface area contributed by atoms with Crippen molar-refractivity contribution in [3.63, 3.8) is 0 Å². The van der Waals surface area contributed by atoms with Gasteiger partial charge in [-0.3, -0.25) is 14.4 Å². The number of guanidine groups is 1. The number of hydrogen-bond donors (Lipinski definition) is 4. The van der Waals surface area contributed by atoms with Gasteiger partial charge in [-0.2, -0.15) is 0 Å². The Morgan fingerprint density at radius 2 is 1.77 bits per heavy atom. The first-order valence-corrected chi connectivity index (χ1v) is 10.3. The summed E-state index contributed by atoms with van der Waals surface area (Å²) < 4.78 is 0. The lowest BCUT2D eigenvalue weighted by molar-refractivity contribution is -0.121. The van der Waals surface area contributed by atoms with Crippen molar-refractivity contribution in [1.82, 2.24) is 20.9 Å². The third kappa shape index (κ3) is 9.11. The number of nitrogens with two attached hydrogens (primary N) is 1. The Kier molecular flexibility index (Phi) is 11.9. The highest BCUT2D eigenvalue weighted by molar-refractivity contribution is 14.0. The second-order valence-corrected chi connectivity index (χ2v) is 7.32. The number of likely N-dealkylation sites (tertiary alicyclic amines) is 1. The van der Waals surface area contributed by atoms with Gasteiger partial charge in [0.2, 0.25) is 11.8 Å². The summed E-state index contributed by atoms with van der Waals surface area (Å²) in [6.07, 6.45) is 2.51. The van der Waals surface area contributed by atoms with Crippen LogP contribution in [-0.2, 0) is 16.1 Å². The first kappa shape index (κ1) is 26.7. The zero-order valence-corrected chi connectivity index (χ0v) is 20.5. The fraction of sp³-hybridized carbons (Fsp3) is 0.524. The van der Waals surface area contributed by atoms with Crippen LogP contribution in [0.3, 0.4) is 0 Å². The van der Waals surface area contributed by atoms with Gasteiger partial charge in [0, 0.05) is 38.7 Å². The molecule has 1 saturated heterocycles. The molecule has 1 fully saturated rings. The van der Waals surface area contributed by atoms with Crippen LogP contribution in [0.4, 0.5) is 0 Å². The highest BCUT2D eigenvalue weighted by atomic mass is 127. The van der Waals surface area contributed by atoms with E-state index in [9.17, 15) is 14.4 Å². The van der Waals surface area contributed by atoms with Gasteiger partial charge >= 0.3 is 0 Å². The van der Waals surface area contributed by atoms with Crippen LogP contribution in [0.5, 0.6) is 0 Å². The van der Waals surface area contributed by atoms with Crippen molar-refractivity contribution in [3.8, 4) is 0 Å². The number of piperidine rings is 1. The zero-order valence-electron chi connectivity index (χ0n) is 18.1. The minimum absolute atomic E-state index is 0. The van der Waals surface area contributed by atoms with Gasteiger partial charge in [-0.15, -0.1) is 24.0 Å². The molecule has 1 aromatic carbocycles. The van der Waals surface area contributed by atoms with Crippen molar-refractivity contribution >= 4 is 47.7 Å². The van der Waals surface area contributed by atoms with Gasteiger partial charge in [-0.25, -0.2) is 4.99 Å². The lowest BCUT2D eigenvalue weighted by Crippen LogP contribution is -2.46. The summed E-state index contributed by atoms with van der Waals surface area (Å²) in [5.74, 6) is 0.456. The molecule has 10 heteroatoms. The van der Waals surface area contributed by atoms with Crippen LogP contribution in [0.25, 0.3) is 0 Å². The lowest BCUT2D eigenvalue weighted by Gasteiger charge is -2.34. The summed E-state index contributed by atoms with van der Waals surface area (Å²) in [5, 5.41) is 8.49. The van der Waals surface area contributed by atoms with E-state index in [2.05, 4.69) is 20.9 Å². The molecule has 0 atom stereocenters. The van der Waals surface area contributed by atoms with Gasteiger partial charge in [0.1, 0.15) is 0 Å². The SMILES string of the molecule is CCNC(=NCc1ccc(C(=O)NCC(N)=O)cc1)N1CCC(CC(=O)NC)CC1.I. The number of hydrogen-bond acceptors (Lipinski definition) is 4. The Bertz CT molecular complexity index is 761. The predicted octanol–water partition coefficient (Wildman–Crippen LogP) is 0.833. The number of nitrogens with one attached hydrogen (secondary N) is 3. The summed E-state index contributed by atoms with van der Waals surface area (Å²) in [7, 11) is 1.67. The molecule has 172 valence electrons. The molecule has 2 rings (SSSR count). The fourth-order valence-corrected chi connectivity index (χ4v) is 3.34. The third-order valence-electron chi connectivity index (χ3n) is 5.05. The number of halogens is 1. The number of carbonyl (C=O) groups excluding carboxylic acids is 3. The molecule has 0 bridgehead atoms. The second-order valence-electron chi connectivity index (χ2n) is 7.32. The Morgan fingerprint density at radius 1 is 1.13 bits per heavy atom. The van der Waals surface area contributed by atoms with Crippen LogP contribution >= 0.6 is 24.0 Å². The minimum atomic E-state index is -0.581. The quantitative estimate of drug-likeness (QED) is 0.219. The average Bonchev–Trinajstić information content (AvgIpc) is 2.75.